The minimum absolute atomic E-state index is 0.0570. The fourth-order valence-corrected chi connectivity index (χ4v) is 3.18. The average molecular weight is 356 g/mol. The first-order valence-corrected chi connectivity index (χ1v) is 10.1. The normalized spacial score (nSPS) is 11.2. The van der Waals surface area contributed by atoms with Crippen molar-refractivity contribution in [1.29, 1.82) is 0 Å². The molecule has 136 valence electrons. The van der Waals surface area contributed by atoms with E-state index < -0.39 is 10.0 Å². The predicted octanol–water partition coefficient (Wildman–Crippen LogP) is 2.77. The summed E-state index contributed by atoms with van der Waals surface area (Å²) in [6, 6.07) is 6.49. The van der Waals surface area contributed by atoms with Crippen LogP contribution in [0.4, 0.5) is 5.69 Å². The van der Waals surface area contributed by atoms with Crippen LogP contribution in [0.3, 0.4) is 0 Å². The minimum atomic E-state index is -3.36. The van der Waals surface area contributed by atoms with Crippen molar-refractivity contribution in [1.82, 2.24) is 5.32 Å². The molecule has 1 aromatic rings. The third-order valence-corrected chi connectivity index (χ3v) is 4.76. The van der Waals surface area contributed by atoms with Crippen LogP contribution in [0.1, 0.15) is 49.9 Å². The van der Waals surface area contributed by atoms with Crippen LogP contribution in [0.25, 0.3) is 0 Å². The van der Waals surface area contributed by atoms with E-state index in [9.17, 15) is 13.2 Å². The second-order valence-electron chi connectivity index (χ2n) is 5.58. The Bertz CT molecular complexity index is 602. The quantitative estimate of drug-likeness (QED) is 0.564. The summed E-state index contributed by atoms with van der Waals surface area (Å²) in [6.45, 7) is 5.81. The van der Waals surface area contributed by atoms with E-state index >= 15 is 0 Å². The maximum atomic E-state index is 12.1. The predicted molar refractivity (Wildman–Crippen MR) is 96.8 cm³/mol. The number of carbonyl (C=O) groups is 1. The lowest BCUT2D eigenvalue weighted by atomic mass is 10.2. The van der Waals surface area contributed by atoms with Gasteiger partial charge in [-0.1, -0.05) is 26.3 Å². The summed E-state index contributed by atoms with van der Waals surface area (Å²) in [5.74, 6) is -0.165. The van der Waals surface area contributed by atoms with Gasteiger partial charge in [-0.15, -0.1) is 0 Å². The summed E-state index contributed by atoms with van der Waals surface area (Å²) in [6.07, 6.45) is 3.44. The van der Waals surface area contributed by atoms with E-state index in [1.54, 1.807) is 31.2 Å². The second kappa shape index (κ2) is 11.0. The Kier molecular flexibility index (Phi) is 9.41. The average Bonchev–Trinajstić information content (AvgIpc) is 2.53. The molecule has 0 aliphatic rings. The van der Waals surface area contributed by atoms with E-state index in [2.05, 4.69) is 17.0 Å². The van der Waals surface area contributed by atoms with Crippen molar-refractivity contribution in [2.24, 2.45) is 0 Å². The first-order chi connectivity index (χ1) is 11.5. The molecule has 6 nitrogen and oxygen atoms in total. The molecule has 0 aliphatic carbocycles. The van der Waals surface area contributed by atoms with E-state index in [-0.39, 0.29) is 11.7 Å². The molecule has 24 heavy (non-hydrogen) atoms. The summed E-state index contributed by atoms with van der Waals surface area (Å²) >= 11 is 0. The number of sulfonamides is 1. The van der Waals surface area contributed by atoms with Crippen molar-refractivity contribution in [2.75, 3.05) is 30.2 Å². The number of hydrogen-bond donors (Lipinski definition) is 2. The van der Waals surface area contributed by atoms with Crippen molar-refractivity contribution in [2.45, 2.75) is 39.5 Å². The highest BCUT2D eigenvalue weighted by atomic mass is 32.2. The molecule has 0 heterocycles. The van der Waals surface area contributed by atoms with Crippen molar-refractivity contribution in [3.8, 4) is 0 Å². The number of hydrogen-bond acceptors (Lipinski definition) is 4. The van der Waals surface area contributed by atoms with Crippen LogP contribution >= 0.6 is 0 Å². The molecule has 0 fully saturated rings. The molecule has 1 amide bonds. The number of unbranched alkanes of at least 4 members (excludes halogenated alkanes) is 1. The Balaban J connectivity index is 2.44. The molecule has 0 saturated heterocycles. The van der Waals surface area contributed by atoms with Crippen LogP contribution in [-0.2, 0) is 14.8 Å². The maximum Gasteiger partial charge on any atom is 0.251 e. The molecule has 0 spiro atoms. The molecule has 0 aliphatic heterocycles. The fraction of sp³-hybridized carbons (Fsp3) is 0.588. The lowest BCUT2D eigenvalue weighted by molar-refractivity contribution is 0.0940. The third-order valence-electron chi connectivity index (χ3n) is 3.26. The zero-order valence-electron chi connectivity index (χ0n) is 14.5. The zero-order chi connectivity index (χ0) is 17.8. The number of rotatable bonds is 12. The highest BCUT2D eigenvalue weighted by Gasteiger charge is 2.11. The Morgan fingerprint density at radius 2 is 1.88 bits per heavy atom. The van der Waals surface area contributed by atoms with Crippen molar-refractivity contribution in [3.63, 3.8) is 0 Å². The first-order valence-electron chi connectivity index (χ1n) is 8.45. The van der Waals surface area contributed by atoms with Crippen LogP contribution in [0, 0.1) is 0 Å². The molecule has 1 aromatic carbocycles. The van der Waals surface area contributed by atoms with Crippen molar-refractivity contribution < 1.29 is 17.9 Å². The van der Waals surface area contributed by atoms with Gasteiger partial charge in [0.25, 0.3) is 5.91 Å². The molecule has 0 bridgehead atoms. The van der Waals surface area contributed by atoms with Gasteiger partial charge in [0.2, 0.25) is 10.0 Å². The standard InChI is InChI=1S/C17H28N2O4S/c1-3-5-11-23-12-7-10-18-17(20)15-8-6-9-16(14-15)19-24(21,22)13-4-2/h6,8-9,14,19H,3-5,7,10-13H2,1-2H3,(H,18,20). The van der Waals surface area contributed by atoms with Crippen LogP contribution < -0.4 is 10.0 Å². The Morgan fingerprint density at radius 1 is 1.12 bits per heavy atom. The van der Waals surface area contributed by atoms with Gasteiger partial charge in [0.15, 0.2) is 0 Å². The van der Waals surface area contributed by atoms with E-state index in [4.69, 9.17) is 4.74 Å². The number of nitrogens with one attached hydrogen (secondary N) is 2. The third kappa shape index (κ3) is 8.31. The highest BCUT2D eigenvalue weighted by molar-refractivity contribution is 7.92. The largest absolute Gasteiger partial charge is 0.381 e. The van der Waals surface area contributed by atoms with Gasteiger partial charge in [-0.3, -0.25) is 9.52 Å². The molecule has 1 rings (SSSR count). The van der Waals surface area contributed by atoms with Gasteiger partial charge in [0.05, 0.1) is 5.75 Å². The molecular weight excluding hydrogens is 328 g/mol. The molecule has 0 radical (unpaired) electrons. The molecule has 0 aromatic heterocycles. The lowest BCUT2D eigenvalue weighted by Gasteiger charge is -2.09. The van der Waals surface area contributed by atoms with Gasteiger partial charge >= 0.3 is 0 Å². The molecule has 0 atom stereocenters. The molecule has 0 unspecified atom stereocenters. The topological polar surface area (TPSA) is 84.5 Å². The zero-order valence-corrected chi connectivity index (χ0v) is 15.3. The van der Waals surface area contributed by atoms with Crippen LogP contribution in [0.15, 0.2) is 24.3 Å². The lowest BCUT2D eigenvalue weighted by Crippen LogP contribution is -2.25. The van der Waals surface area contributed by atoms with Crippen LogP contribution in [-0.4, -0.2) is 39.8 Å². The van der Waals surface area contributed by atoms with E-state index in [1.165, 1.54) is 0 Å². The number of carbonyl (C=O) groups excluding carboxylic acids is 1. The fourth-order valence-electron chi connectivity index (χ4n) is 2.05. The Labute approximate surface area is 145 Å². The van der Waals surface area contributed by atoms with Gasteiger partial charge in [-0.2, -0.15) is 0 Å². The van der Waals surface area contributed by atoms with Crippen molar-refractivity contribution in [3.05, 3.63) is 29.8 Å². The van der Waals surface area contributed by atoms with Gasteiger partial charge in [0.1, 0.15) is 0 Å². The SMILES string of the molecule is CCCCOCCCNC(=O)c1cccc(NS(=O)(=O)CCC)c1. The van der Waals surface area contributed by atoms with Gasteiger partial charge < -0.3 is 10.1 Å². The van der Waals surface area contributed by atoms with Crippen molar-refractivity contribution >= 4 is 21.6 Å². The summed E-state index contributed by atoms with van der Waals surface area (Å²) in [7, 11) is -3.36. The monoisotopic (exact) mass is 356 g/mol. The Hall–Kier alpha value is -1.60. The molecule has 0 saturated carbocycles. The summed E-state index contributed by atoms with van der Waals surface area (Å²) in [4.78, 5) is 12.1. The minimum Gasteiger partial charge on any atom is -0.381 e. The smallest absolute Gasteiger partial charge is 0.251 e. The maximum absolute atomic E-state index is 12.1. The highest BCUT2D eigenvalue weighted by Crippen LogP contribution is 2.13. The summed E-state index contributed by atoms with van der Waals surface area (Å²) in [5.41, 5.74) is 0.831. The molecule has 2 N–H and O–H groups in total. The van der Waals surface area contributed by atoms with Crippen LogP contribution in [0.5, 0.6) is 0 Å². The number of ether oxygens (including phenoxy) is 1. The van der Waals surface area contributed by atoms with E-state index in [0.29, 0.717) is 30.8 Å². The van der Waals surface area contributed by atoms with Gasteiger partial charge in [0, 0.05) is 31.0 Å². The van der Waals surface area contributed by atoms with E-state index in [1.807, 2.05) is 0 Å². The number of anilines is 1. The summed E-state index contributed by atoms with van der Waals surface area (Å²) in [5, 5.41) is 2.81. The molecule has 7 heteroatoms. The van der Waals surface area contributed by atoms with Crippen LogP contribution in [0.2, 0.25) is 0 Å². The number of benzene rings is 1. The Morgan fingerprint density at radius 3 is 2.58 bits per heavy atom. The molecular formula is C17H28N2O4S. The number of amides is 1. The van der Waals surface area contributed by atoms with Gasteiger partial charge in [-0.05, 0) is 37.5 Å². The second-order valence-corrected chi connectivity index (χ2v) is 7.42. The van der Waals surface area contributed by atoms with Gasteiger partial charge in [-0.25, -0.2) is 8.42 Å². The first kappa shape index (κ1) is 20.4. The summed E-state index contributed by atoms with van der Waals surface area (Å²) < 4.78 is 31.5. The van der Waals surface area contributed by atoms with E-state index in [0.717, 1.165) is 25.9 Å².